The summed E-state index contributed by atoms with van der Waals surface area (Å²) >= 11 is 0. The molecule has 0 saturated heterocycles. The largest absolute Gasteiger partial charge is 0.493 e. The van der Waals surface area contributed by atoms with Crippen molar-refractivity contribution in [2.75, 3.05) is 11.9 Å². The van der Waals surface area contributed by atoms with Gasteiger partial charge in [0.05, 0.1) is 12.2 Å². The van der Waals surface area contributed by atoms with Gasteiger partial charge in [-0.05, 0) is 55.7 Å². The quantitative estimate of drug-likeness (QED) is 0.759. The molecule has 0 fully saturated rings. The Morgan fingerprint density at radius 2 is 1.71 bits per heavy atom. The summed E-state index contributed by atoms with van der Waals surface area (Å²) in [4.78, 5) is 23.8. The summed E-state index contributed by atoms with van der Waals surface area (Å²) < 4.78 is 5.75. The SMILES string of the molecule is CC(=O)c1ccc(NC(=O)c2ccccc2OCCC(C)C)cc1. The van der Waals surface area contributed by atoms with E-state index in [-0.39, 0.29) is 11.7 Å². The van der Waals surface area contributed by atoms with E-state index in [0.29, 0.717) is 35.1 Å². The molecule has 0 heterocycles. The van der Waals surface area contributed by atoms with Crippen LogP contribution in [0.15, 0.2) is 48.5 Å². The maximum absolute atomic E-state index is 12.5. The van der Waals surface area contributed by atoms with Gasteiger partial charge in [0, 0.05) is 11.3 Å². The van der Waals surface area contributed by atoms with Crippen LogP contribution in [0.2, 0.25) is 0 Å². The lowest BCUT2D eigenvalue weighted by Gasteiger charge is -2.12. The van der Waals surface area contributed by atoms with Gasteiger partial charge in [-0.25, -0.2) is 0 Å². The second-order valence-electron chi connectivity index (χ2n) is 6.11. The molecule has 4 nitrogen and oxygen atoms in total. The number of para-hydroxylation sites is 1. The number of carbonyl (C=O) groups is 2. The molecular formula is C20H23NO3. The van der Waals surface area contributed by atoms with E-state index >= 15 is 0 Å². The van der Waals surface area contributed by atoms with Gasteiger partial charge in [0.2, 0.25) is 0 Å². The molecule has 0 saturated carbocycles. The Labute approximate surface area is 142 Å². The molecule has 0 spiro atoms. The second-order valence-corrected chi connectivity index (χ2v) is 6.11. The van der Waals surface area contributed by atoms with Crippen LogP contribution in [0.25, 0.3) is 0 Å². The third-order valence-corrected chi connectivity index (χ3v) is 3.63. The van der Waals surface area contributed by atoms with Gasteiger partial charge in [-0.2, -0.15) is 0 Å². The molecule has 0 aromatic heterocycles. The van der Waals surface area contributed by atoms with Gasteiger partial charge in [-0.15, -0.1) is 0 Å². The number of hydrogen-bond acceptors (Lipinski definition) is 3. The van der Waals surface area contributed by atoms with Crippen LogP contribution >= 0.6 is 0 Å². The minimum Gasteiger partial charge on any atom is -0.493 e. The van der Waals surface area contributed by atoms with Gasteiger partial charge in [0.25, 0.3) is 5.91 Å². The van der Waals surface area contributed by atoms with Crippen molar-refractivity contribution >= 4 is 17.4 Å². The van der Waals surface area contributed by atoms with E-state index < -0.39 is 0 Å². The molecule has 0 bridgehead atoms. The molecule has 0 aliphatic rings. The predicted molar refractivity (Wildman–Crippen MR) is 95.8 cm³/mol. The first-order valence-electron chi connectivity index (χ1n) is 8.11. The Hall–Kier alpha value is -2.62. The highest BCUT2D eigenvalue weighted by molar-refractivity contribution is 6.06. The zero-order valence-corrected chi connectivity index (χ0v) is 14.3. The summed E-state index contributed by atoms with van der Waals surface area (Å²) in [5, 5.41) is 2.83. The van der Waals surface area contributed by atoms with Gasteiger partial charge in [-0.1, -0.05) is 26.0 Å². The first kappa shape index (κ1) is 17.7. The first-order valence-corrected chi connectivity index (χ1v) is 8.11. The van der Waals surface area contributed by atoms with Gasteiger partial charge >= 0.3 is 0 Å². The average Bonchev–Trinajstić information content (AvgIpc) is 2.55. The van der Waals surface area contributed by atoms with Crippen molar-refractivity contribution in [2.45, 2.75) is 27.2 Å². The molecule has 2 aromatic rings. The van der Waals surface area contributed by atoms with Crippen molar-refractivity contribution in [1.82, 2.24) is 0 Å². The lowest BCUT2D eigenvalue weighted by Crippen LogP contribution is -2.14. The van der Waals surface area contributed by atoms with Crippen LogP contribution in [-0.2, 0) is 0 Å². The third-order valence-electron chi connectivity index (χ3n) is 3.63. The molecule has 0 atom stereocenters. The van der Waals surface area contributed by atoms with Crippen LogP contribution in [-0.4, -0.2) is 18.3 Å². The molecule has 0 radical (unpaired) electrons. The van der Waals surface area contributed by atoms with E-state index in [1.807, 2.05) is 12.1 Å². The van der Waals surface area contributed by atoms with Crippen molar-refractivity contribution in [1.29, 1.82) is 0 Å². The zero-order valence-electron chi connectivity index (χ0n) is 14.3. The number of rotatable bonds is 7. The van der Waals surface area contributed by atoms with Crippen molar-refractivity contribution in [3.05, 3.63) is 59.7 Å². The fourth-order valence-electron chi connectivity index (χ4n) is 2.17. The molecular weight excluding hydrogens is 302 g/mol. The Balaban J connectivity index is 2.07. The zero-order chi connectivity index (χ0) is 17.5. The van der Waals surface area contributed by atoms with E-state index in [4.69, 9.17) is 4.74 Å². The van der Waals surface area contributed by atoms with Crippen LogP contribution in [0.4, 0.5) is 5.69 Å². The van der Waals surface area contributed by atoms with E-state index in [0.717, 1.165) is 6.42 Å². The van der Waals surface area contributed by atoms with Crippen LogP contribution in [0, 0.1) is 5.92 Å². The summed E-state index contributed by atoms with van der Waals surface area (Å²) in [6.45, 7) is 6.35. The van der Waals surface area contributed by atoms with Crippen LogP contribution in [0.1, 0.15) is 47.9 Å². The number of benzene rings is 2. The summed E-state index contributed by atoms with van der Waals surface area (Å²) in [5.74, 6) is 0.893. The Kier molecular flexibility index (Phi) is 6.13. The number of nitrogens with one attached hydrogen (secondary N) is 1. The van der Waals surface area contributed by atoms with Crippen molar-refractivity contribution in [3.63, 3.8) is 0 Å². The molecule has 126 valence electrons. The highest BCUT2D eigenvalue weighted by Crippen LogP contribution is 2.20. The number of anilines is 1. The normalized spacial score (nSPS) is 10.5. The van der Waals surface area contributed by atoms with Crippen molar-refractivity contribution in [3.8, 4) is 5.75 Å². The Bertz CT molecular complexity index is 705. The minimum atomic E-state index is -0.231. The number of ether oxygens (including phenoxy) is 1. The predicted octanol–water partition coefficient (Wildman–Crippen LogP) is 4.57. The van der Waals surface area contributed by atoms with E-state index in [2.05, 4.69) is 19.2 Å². The van der Waals surface area contributed by atoms with Crippen molar-refractivity contribution in [2.24, 2.45) is 5.92 Å². The standard InChI is InChI=1S/C20H23NO3/c1-14(2)12-13-24-19-7-5-4-6-18(19)20(23)21-17-10-8-16(9-11-17)15(3)22/h4-11,14H,12-13H2,1-3H3,(H,21,23). The maximum Gasteiger partial charge on any atom is 0.259 e. The number of carbonyl (C=O) groups excluding carboxylic acids is 2. The number of hydrogen-bond donors (Lipinski definition) is 1. The lowest BCUT2D eigenvalue weighted by molar-refractivity contribution is 0.101. The highest BCUT2D eigenvalue weighted by Gasteiger charge is 2.12. The van der Waals surface area contributed by atoms with Crippen molar-refractivity contribution < 1.29 is 14.3 Å². The number of amides is 1. The monoisotopic (exact) mass is 325 g/mol. The minimum absolute atomic E-state index is 0.00299. The topological polar surface area (TPSA) is 55.4 Å². The Morgan fingerprint density at radius 1 is 1.04 bits per heavy atom. The van der Waals surface area contributed by atoms with Gasteiger partial charge < -0.3 is 10.1 Å². The number of ketones is 1. The lowest BCUT2D eigenvalue weighted by atomic mass is 10.1. The molecule has 0 unspecified atom stereocenters. The molecule has 4 heteroatoms. The molecule has 0 aliphatic heterocycles. The van der Waals surface area contributed by atoms with Gasteiger partial charge in [-0.3, -0.25) is 9.59 Å². The summed E-state index contributed by atoms with van der Waals surface area (Å²) in [6, 6.07) is 14.0. The van der Waals surface area contributed by atoms with Gasteiger partial charge in [0.15, 0.2) is 5.78 Å². The van der Waals surface area contributed by atoms with Crippen LogP contribution < -0.4 is 10.1 Å². The third kappa shape index (κ3) is 4.95. The van der Waals surface area contributed by atoms with Gasteiger partial charge in [0.1, 0.15) is 5.75 Å². The Morgan fingerprint density at radius 3 is 2.33 bits per heavy atom. The second kappa shape index (κ2) is 8.29. The molecule has 1 amide bonds. The van der Waals surface area contributed by atoms with E-state index in [9.17, 15) is 9.59 Å². The molecule has 1 N–H and O–H groups in total. The molecule has 24 heavy (non-hydrogen) atoms. The first-order chi connectivity index (χ1) is 11.5. The molecule has 2 aromatic carbocycles. The smallest absolute Gasteiger partial charge is 0.259 e. The van der Waals surface area contributed by atoms with E-state index in [1.165, 1.54) is 6.92 Å². The fourth-order valence-corrected chi connectivity index (χ4v) is 2.17. The summed E-state index contributed by atoms with van der Waals surface area (Å²) in [6.07, 6.45) is 0.933. The maximum atomic E-state index is 12.5. The fraction of sp³-hybridized carbons (Fsp3) is 0.300. The van der Waals surface area contributed by atoms with E-state index in [1.54, 1.807) is 36.4 Å². The summed E-state index contributed by atoms with van der Waals surface area (Å²) in [5.41, 5.74) is 1.75. The van der Waals surface area contributed by atoms with Crippen LogP contribution in [0.5, 0.6) is 5.75 Å². The molecule has 2 rings (SSSR count). The molecule has 0 aliphatic carbocycles. The highest BCUT2D eigenvalue weighted by atomic mass is 16.5. The number of Topliss-reactive ketones (excluding diaryl/α,β-unsaturated/α-hetero) is 1. The average molecular weight is 325 g/mol. The summed E-state index contributed by atoms with van der Waals surface area (Å²) in [7, 11) is 0. The van der Waals surface area contributed by atoms with Crippen LogP contribution in [0.3, 0.4) is 0 Å².